The molecule has 15 heavy (non-hydrogen) atoms. The van der Waals surface area contributed by atoms with Crippen molar-refractivity contribution in [3.05, 3.63) is 48.2 Å². The van der Waals surface area contributed by atoms with Crippen molar-refractivity contribution in [2.24, 2.45) is 10.9 Å². The molecule has 0 saturated carbocycles. The van der Waals surface area contributed by atoms with Crippen LogP contribution in [0.1, 0.15) is 25.0 Å². The third-order valence-electron chi connectivity index (χ3n) is 1.94. The number of benzene rings is 1. The number of aliphatic imine (C=N–C) groups is 1. The number of nitrogens with zero attached hydrogens (tertiary/aromatic N) is 1. The normalized spacial score (nSPS) is 11.7. The van der Waals surface area contributed by atoms with Crippen LogP contribution >= 0.6 is 0 Å². The predicted molar refractivity (Wildman–Crippen MR) is 68.9 cm³/mol. The van der Waals surface area contributed by atoms with Gasteiger partial charge in [0.25, 0.3) is 0 Å². The first kappa shape index (κ1) is 11.4. The van der Waals surface area contributed by atoms with Gasteiger partial charge in [0.05, 0.1) is 0 Å². The van der Waals surface area contributed by atoms with Crippen LogP contribution in [-0.4, -0.2) is 6.21 Å². The molecule has 0 aromatic heterocycles. The molecule has 0 aliphatic rings. The predicted octanol–water partition coefficient (Wildman–Crippen LogP) is 4.03. The third-order valence-corrected chi connectivity index (χ3v) is 1.94. The summed E-state index contributed by atoms with van der Waals surface area (Å²) in [5, 5.41) is 0. The van der Waals surface area contributed by atoms with Gasteiger partial charge in [0.2, 0.25) is 0 Å². The molecule has 78 valence electrons. The average molecular weight is 199 g/mol. The highest BCUT2D eigenvalue weighted by atomic mass is 14.7. The number of hydrogen-bond donors (Lipinski definition) is 0. The number of rotatable bonds is 4. The fourth-order valence-corrected chi connectivity index (χ4v) is 1.19. The highest BCUT2D eigenvalue weighted by Gasteiger charge is 1.91. The van der Waals surface area contributed by atoms with Gasteiger partial charge in [-0.2, -0.15) is 0 Å². The Morgan fingerprint density at radius 3 is 2.47 bits per heavy atom. The summed E-state index contributed by atoms with van der Waals surface area (Å²) in [6.07, 6.45) is 7.59. The summed E-state index contributed by atoms with van der Waals surface area (Å²) in [4.78, 5) is 4.20. The fraction of sp³-hybridized carbons (Fsp3) is 0.214. The Morgan fingerprint density at radius 1 is 1.20 bits per heavy atom. The molecule has 0 saturated heterocycles. The van der Waals surface area contributed by atoms with Crippen molar-refractivity contribution in [3.63, 3.8) is 0 Å². The Balaban J connectivity index is 2.76. The maximum absolute atomic E-state index is 4.20. The zero-order valence-electron chi connectivity index (χ0n) is 9.35. The molecule has 0 aliphatic heterocycles. The molecule has 0 N–H and O–H groups in total. The topological polar surface area (TPSA) is 12.4 Å². The van der Waals surface area contributed by atoms with Crippen LogP contribution in [0.5, 0.6) is 0 Å². The van der Waals surface area contributed by atoms with E-state index in [1.165, 1.54) is 0 Å². The lowest BCUT2D eigenvalue weighted by Gasteiger charge is -1.98. The van der Waals surface area contributed by atoms with E-state index in [9.17, 15) is 0 Å². The lowest BCUT2D eigenvalue weighted by Crippen LogP contribution is -1.84. The van der Waals surface area contributed by atoms with E-state index in [0.717, 1.165) is 11.1 Å². The SMILES string of the molecule is C=Cc1ccccc1/C=C\N=C\C(C)C. The molecule has 0 spiro atoms. The lowest BCUT2D eigenvalue weighted by atomic mass is 10.1. The van der Waals surface area contributed by atoms with Crippen molar-refractivity contribution < 1.29 is 0 Å². The van der Waals surface area contributed by atoms with Gasteiger partial charge in [-0.1, -0.05) is 50.8 Å². The van der Waals surface area contributed by atoms with Crippen LogP contribution in [0.3, 0.4) is 0 Å². The Labute approximate surface area is 91.9 Å². The van der Waals surface area contributed by atoms with Crippen LogP contribution in [0, 0.1) is 5.92 Å². The van der Waals surface area contributed by atoms with Crippen LogP contribution in [0.25, 0.3) is 12.2 Å². The Morgan fingerprint density at radius 2 is 1.87 bits per heavy atom. The zero-order valence-corrected chi connectivity index (χ0v) is 9.35. The van der Waals surface area contributed by atoms with Gasteiger partial charge in [0.1, 0.15) is 0 Å². The van der Waals surface area contributed by atoms with Gasteiger partial charge in [0, 0.05) is 12.4 Å². The minimum absolute atomic E-state index is 0.490. The molecule has 0 heterocycles. The van der Waals surface area contributed by atoms with Gasteiger partial charge in [-0.25, -0.2) is 0 Å². The van der Waals surface area contributed by atoms with E-state index in [-0.39, 0.29) is 0 Å². The summed E-state index contributed by atoms with van der Waals surface area (Å²) in [7, 11) is 0. The number of hydrogen-bond acceptors (Lipinski definition) is 1. The fourth-order valence-electron chi connectivity index (χ4n) is 1.19. The Kier molecular flexibility index (Phi) is 4.55. The van der Waals surface area contributed by atoms with Crippen molar-refractivity contribution >= 4 is 18.4 Å². The minimum Gasteiger partial charge on any atom is -0.269 e. The first-order valence-electron chi connectivity index (χ1n) is 5.15. The lowest BCUT2D eigenvalue weighted by molar-refractivity contribution is 0.907. The highest BCUT2D eigenvalue weighted by Crippen LogP contribution is 2.11. The van der Waals surface area contributed by atoms with Crippen LogP contribution in [0.2, 0.25) is 0 Å². The largest absolute Gasteiger partial charge is 0.269 e. The van der Waals surface area contributed by atoms with Gasteiger partial charge < -0.3 is 0 Å². The molecule has 0 atom stereocenters. The molecular formula is C14H17N. The molecule has 0 bridgehead atoms. The van der Waals surface area contributed by atoms with Crippen LogP contribution in [0.4, 0.5) is 0 Å². The first-order chi connectivity index (χ1) is 7.24. The van der Waals surface area contributed by atoms with Gasteiger partial charge in [-0.05, 0) is 23.1 Å². The molecule has 0 amide bonds. The van der Waals surface area contributed by atoms with E-state index in [0.29, 0.717) is 5.92 Å². The molecule has 1 rings (SSSR count). The highest BCUT2D eigenvalue weighted by molar-refractivity contribution is 5.66. The summed E-state index contributed by atoms with van der Waals surface area (Å²) in [6, 6.07) is 8.11. The summed E-state index contributed by atoms with van der Waals surface area (Å²) >= 11 is 0. The monoisotopic (exact) mass is 199 g/mol. The van der Waals surface area contributed by atoms with Gasteiger partial charge >= 0.3 is 0 Å². The van der Waals surface area contributed by atoms with Crippen molar-refractivity contribution in [1.29, 1.82) is 0 Å². The Bertz CT molecular complexity index is 373. The average Bonchev–Trinajstić information content (AvgIpc) is 2.24. The smallest absolute Gasteiger partial charge is 0.0270 e. The maximum Gasteiger partial charge on any atom is 0.0270 e. The molecule has 1 nitrogen and oxygen atoms in total. The molecule has 0 unspecified atom stereocenters. The van der Waals surface area contributed by atoms with Crippen molar-refractivity contribution in [3.8, 4) is 0 Å². The Hall–Kier alpha value is -1.63. The van der Waals surface area contributed by atoms with Crippen molar-refractivity contribution in [2.75, 3.05) is 0 Å². The van der Waals surface area contributed by atoms with Crippen LogP contribution in [-0.2, 0) is 0 Å². The van der Waals surface area contributed by atoms with E-state index in [4.69, 9.17) is 0 Å². The molecule has 0 radical (unpaired) electrons. The molecule has 1 aromatic rings. The van der Waals surface area contributed by atoms with Crippen molar-refractivity contribution in [1.82, 2.24) is 0 Å². The summed E-state index contributed by atoms with van der Waals surface area (Å²) in [5.41, 5.74) is 2.28. The first-order valence-corrected chi connectivity index (χ1v) is 5.15. The second kappa shape index (κ2) is 5.97. The molecule has 0 aliphatic carbocycles. The molecule has 0 fully saturated rings. The zero-order chi connectivity index (χ0) is 11.1. The van der Waals surface area contributed by atoms with E-state index in [1.54, 1.807) is 0 Å². The minimum atomic E-state index is 0.490. The van der Waals surface area contributed by atoms with E-state index in [1.807, 2.05) is 42.8 Å². The van der Waals surface area contributed by atoms with Gasteiger partial charge in [-0.3, -0.25) is 4.99 Å². The molecule has 1 heteroatoms. The molecular weight excluding hydrogens is 182 g/mol. The maximum atomic E-state index is 4.20. The van der Waals surface area contributed by atoms with E-state index in [2.05, 4.69) is 31.5 Å². The van der Waals surface area contributed by atoms with Gasteiger partial charge in [-0.15, -0.1) is 0 Å². The van der Waals surface area contributed by atoms with Crippen LogP contribution < -0.4 is 0 Å². The van der Waals surface area contributed by atoms with E-state index < -0.39 is 0 Å². The quantitative estimate of drug-likeness (QED) is 0.649. The van der Waals surface area contributed by atoms with Crippen LogP contribution in [0.15, 0.2) is 42.0 Å². The standard InChI is InChI=1S/C14H17N/c1-4-13-7-5-6-8-14(13)9-10-15-11-12(2)3/h4-12H,1H2,2-3H3/b10-9-,15-11+. The van der Waals surface area contributed by atoms with E-state index >= 15 is 0 Å². The van der Waals surface area contributed by atoms with Gasteiger partial charge in [0.15, 0.2) is 0 Å². The second-order valence-electron chi connectivity index (χ2n) is 3.69. The van der Waals surface area contributed by atoms with Crippen molar-refractivity contribution in [2.45, 2.75) is 13.8 Å². The molecule has 1 aromatic carbocycles. The summed E-state index contributed by atoms with van der Waals surface area (Å²) in [6.45, 7) is 7.99. The second-order valence-corrected chi connectivity index (χ2v) is 3.69. The third kappa shape index (κ3) is 3.94. The summed E-state index contributed by atoms with van der Waals surface area (Å²) < 4.78 is 0. The summed E-state index contributed by atoms with van der Waals surface area (Å²) in [5.74, 6) is 0.490.